The molecule has 7 heavy (non-hydrogen) atoms. The first-order chi connectivity index (χ1) is 2.94. The van der Waals surface area contributed by atoms with Crippen molar-refractivity contribution in [2.75, 3.05) is 0 Å². The lowest BCUT2D eigenvalue weighted by atomic mass is 10.5. The molecule has 0 aromatic carbocycles. The fraction of sp³-hybridized carbons (Fsp3) is 0.500. The van der Waals surface area contributed by atoms with Crippen LogP contribution >= 0.6 is 0 Å². The number of aliphatic hydroxyl groups is 1. The van der Waals surface area contributed by atoms with Crippen LogP contribution in [0.5, 0.6) is 0 Å². The van der Waals surface area contributed by atoms with E-state index in [-0.39, 0.29) is 0 Å². The van der Waals surface area contributed by atoms with Gasteiger partial charge in [0.25, 0.3) is 5.85 Å². The molecule has 0 amide bonds. The van der Waals surface area contributed by atoms with Crippen molar-refractivity contribution in [3.8, 4) is 0 Å². The van der Waals surface area contributed by atoms with E-state index in [1.54, 1.807) is 0 Å². The molecule has 6 N–H and O–H groups in total. The Balaban J connectivity index is 3.79. The Bertz CT molecular complexity index is 83.4. The van der Waals surface area contributed by atoms with E-state index in [1.807, 2.05) is 0 Å². The van der Waals surface area contributed by atoms with E-state index in [1.165, 1.54) is 0 Å². The van der Waals surface area contributed by atoms with Crippen LogP contribution in [0.4, 0.5) is 0 Å². The second kappa shape index (κ2) is 1.45. The van der Waals surface area contributed by atoms with Crippen molar-refractivity contribution in [1.29, 1.82) is 0 Å². The van der Waals surface area contributed by atoms with Crippen LogP contribution in [-0.4, -0.2) is 22.0 Å². The van der Waals surface area contributed by atoms with E-state index < -0.39 is 11.8 Å². The zero-order valence-corrected chi connectivity index (χ0v) is 3.46. The molecule has 0 atom stereocenters. The average molecular weight is 106 g/mol. The van der Waals surface area contributed by atoms with Crippen LogP contribution in [0.25, 0.3) is 0 Å². The molecule has 0 aliphatic heterocycles. The molecule has 0 aliphatic carbocycles. The fourth-order valence-corrected chi connectivity index (χ4v) is 0. The lowest BCUT2D eigenvalue weighted by Crippen LogP contribution is -2.56. The third-order valence-electron chi connectivity index (χ3n) is 0.343. The Morgan fingerprint density at radius 3 is 1.71 bits per heavy atom. The predicted molar refractivity (Wildman–Crippen MR) is 21.0 cm³/mol. The Labute approximate surface area is 39.5 Å². The minimum atomic E-state index is -2.58. The SMILES string of the molecule is NC(N)(O)C(=O)O. The molecule has 0 heterocycles. The van der Waals surface area contributed by atoms with Gasteiger partial charge in [0.05, 0.1) is 0 Å². The van der Waals surface area contributed by atoms with Crippen LogP contribution in [0, 0.1) is 0 Å². The normalized spacial score (nSPS) is 11.3. The minimum absolute atomic E-state index is 1.65. The minimum Gasteiger partial charge on any atom is -0.477 e. The predicted octanol–water partition coefficient (Wildman–Crippen LogP) is -2.37. The highest BCUT2D eigenvalue weighted by atomic mass is 16.4. The largest absolute Gasteiger partial charge is 0.477 e. The van der Waals surface area contributed by atoms with Crippen molar-refractivity contribution in [3.05, 3.63) is 0 Å². The third kappa shape index (κ3) is 2.10. The first-order valence-corrected chi connectivity index (χ1v) is 1.48. The molecule has 0 unspecified atom stereocenters. The van der Waals surface area contributed by atoms with Crippen LogP contribution in [-0.2, 0) is 4.79 Å². The van der Waals surface area contributed by atoms with Gasteiger partial charge in [-0.3, -0.25) is 11.5 Å². The summed E-state index contributed by atoms with van der Waals surface area (Å²) < 4.78 is 0. The third-order valence-corrected chi connectivity index (χ3v) is 0.343. The van der Waals surface area contributed by atoms with Crippen LogP contribution in [0.3, 0.4) is 0 Å². The molecular weight excluding hydrogens is 100 g/mol. The maximum atomic E-state index is 9.52. The summed E-state index contributed by atoms with van der Waals surface area (Å²) in [6, 6.07) is 0. The topological polar surface area (TPSA) is 110 Å². The fourth-order valence-electron chi connectivity index (χ4n) is 0. The molecule has 0 aromatic heterocycles. The number of carbonyl (C=O) groups is 1. The summed E-state index contributed by atoms with van der Waals surface area (Å²) >= 11 is 0. The molecule has 5 heteroatoms. The summed E-state index contributed by atoms with van der Waals surface area (Å²) in [5.41, 5.74) is 8.82. The van der Waals surface area contributed by atoms with E-state index in [4.69, 9.17) is 10.2 Å². The highest BCUT2D eigenvalue weighted by molar-refractivity contribution is 5.75. The molecule has 0 rings (SSSR count). The van der Waals surface area contributed by atoms with Crippen LogP contribution in [0.15, 0.2) is 0 Å². The van der Waals surface area contributed by atoms with Crippen molar-refractivity contribution < 1.29 is 15.0 Å². The van der Waals surface area contributed by atoms with Crippen molar-refractivity contribution in [2.24, 2.45) is 11.5 Å². The maximum Gasteiger partial charge on any atom is 0.367 e. The van der Waals surface area contributed by atoms with Crippen molar-refractivity contribution >= 4 is 5.97 Å². The van der Waals surface area contributed by atoms with Gasteiger partial charge in [-0.25, -0.2) is 4.79 Å². The van der Waals surface area contributed by atoms with Crippen LogP contribution in [0.1, 0.15) is 0 Å². The monoisotopic (exact) mass is 106 g/mol. The van der Waals surface area contributed by atoms with E-state index in [2.05, 4.69) is 11.5 Å². The molecular formula is C2H6N2O3. The summed E-state index contributed by atoms with van der Waals surface area (Å²) in [5.74, 6) is -4.23. The highest BCUT2D eigenvalue weighted by Gasteiger charge is 2.23. The lowest BCUT2D eigenvalue weighted by Gasteiger charge is -2.07. The number of carboxylic acid groups (broad SMARTS) is 1. The quantitative estimate of drug-likeness (QED) is 0.279. The number of aliphatic carboxylic acids is 1. The molecule has 0 saturated heterocycles. The Hall–Kier alpha value is -0.650. The molecule has 0 saturated carbocycles. The first kappa shape index (κ1) is 6.35. The van der Waals surface area contributed by atoms with Gasteiger partial charge in [0.2, 0.25) is 0 Å². The van der Waals surface area contributed by atoms with Gasteiger partial charge in [-0.2, -0.15) is 0 Å². The van der Waals surface area contributed by atoms with Gasteiger partial charge in [0.1, 0.15) is 0 Å². The molecule has 0 aliphatic rings. The van der Waals surface area contributed by atoms with Crippen molar-refractivity contribution in [2.45, 2.75) is 5.85 Å². The number of carboxylic acids is 1. The second-order valence-electron chi connectivity index (χ2n) is 1.13. The number of hydrogen-bond acceptors (Lipinski definition) is 4. The van der Waals surface area contributed by atoms with Gasteiger partial charge < -0.3 is 10.2 Å². The molecule has 0 fully saturated rings. The summed E-state index contributed by atoms with van der Waals surface area (Å²) in [5, 5.41) is 15.8. The van der Waals surface area contributed by atoms with Gasteiger partial charge >= 0.3 is 5.97 Å². The van der Waals surface area contributed by atoms with Gasteiger partial charge in [0.15, 0.2) is 0 Å². The van der Waals surface area contributed by atoms with Gasteiger partial charge in [-0.1, -0.05) is 0 Å². The van der Waals surface area contributed by atoms with Crippen LogP contribution < -0.4 is 11.5 Å². The molecule has 0 bridgehead atoms. The zero-order valence-electron chi connectivity index (χ0n) is 3.46. The van der Waals surface area contributed by atoms with Crippen molar-refractivity contribution in [1.82, 2.24) is 0 Å². The Morgan fingerprint density at radius 1 is 1.57 bits per heavy atom. The van der Waals surface area contributed by atoms with Crippen LogP contribution in [0.2, 0.25) is 0 Å². The lowest BCUT2D eigenvalue weighted by molar-refractivity contribution is -0.157. The summed E-state index contributed by atoms with van der Waals surface area (Å²) in [4.78, 5) is 9.52. The first-order valence-electron chi connectivity index (χ1n) is 1.48. The van der Waals surface area contributed by atoms with E-state index in [0.717, 1.165) is 0 Å². The van der Waals surface area contributed by atoms with Gasteiger partial charge in [-0.15, -0.1) is 0 Å². The van der Waals surface area contributed by atoms with Gasteiger partial charge in [0, 0.05) is 0 Å². The summed E-state index contributed by atoms with van der Waals surface area (Å²) in [7, 11) is 0. The van der Waals surface area contributed by atoms with E-state index >= 15 is 0 Å². The van der Waals surface area contributed by atoms with E-state index in [0.29, 0.717) is 0 Å². The Morgan fingerprint density at radius 2 is 1.71 bits per heavy atom. The highest BCUT2D eigenvalue weighted by Crippen LogP contribution is 1.77. The maximum absolute atomic E-state index is 9.52. The zero-order chi connectivity index (χ0) is 6.08. The number of nitrogens with two attached hydrogens (primary N) is 2. The molecule has 42 valence electrons. The van der Waals surface area contributed by atoms with Gasteiger partial charge in [-0.05, 0) is 0 Å². The standard InChI is InChI=1S/C2H6N2O3/c3-2(4,7)1(5)6/h7H,3-4H2,(H,5,6). The Kier molecular flexibility index (Phi) is 1.32. The van der Waals surface area contributed by atoms with E-state index in [9.17, 15) is 4.79 Å². The molecule has 0 aromatic rings. The smallest absolute Gasteiger partial charge is 0.367 e. The molecule has 0 radical (unpaired) electrons. The second-order valence-corrected chi connectivity index (χ2v) is 1.13. The van der Waals surface area contributed by atoms with Crippen molar-refractivity contribution in [3.63, 3.8) is 0 Å². The number of hydrogen-bond donors (Lipinski definition) is 4. The molecule has 5 nitrogen and oxygen atoms in total. The number of rotatable bonds is 1. The summed E-state index contributed by atoms with van der Waals surface area (Å²) in [6.45, 7) is 0. The average Bonchev–Trinajstić information content (AvgIpc) is 1.31. The molecule has 0 spiro atoms. The summed E-state index contributed by atoms with van der Waals surface area (Å²) in [6.07, 6.45) is 0.